The SMILES string of the molecule is O=P(O)(O)CCCC[C@@]1(O)O[C@H](CO)[C@@H](O)[C@H](O)[C@H]1O. The highest BCUT2D eigenvalue weighted by Gasteiger charge is 2.51. The number of unbranched alkanes of at least 4 members (excludes halogenated alkanes) is 1. The molecule has 0 spiro atoms. The van der Waals surface area contributed by atoms with Crippen LogP contribution in [0.5, 0.6) is 0 Å². The van der Waals surface area contributed by atoms with E-state index in [1.165, 1.54) is 0 Å². The van der Waals surface area contributed by atoms with Crippen LogP contribution in [0.25, 0.3) is 0 Å². The number of hydrogen-bond acceptors (Lipinski definition) is 7. The third-order valence-electron chi connectivity index (χ3n) is 3.29. The average molecular weight is 316 g/mol. The van der Waals surface area contributed by atoms with Crippen LogP contribution in [-0.4, -0.2) is 78.3 Å². The fourth-order valence-corrected chi connectivity index (χ4v) is 2.76. The number of aliphatic hydroxyl groups is 5. The molecule has 1 aliphatic heterocycles. The van der Waals surface area contributed by atoms with E-state index in [1.807, 2.05) is 0 Å². The standard InChI is InChI=1S/C10H21O9P/c11-5-6-7(12)8(13)9(14)10(15,19-6)3-1-2-4-20(16,17)18/h6-9,11-15H,1-5H2,(H2,16,17,18)/t6-,7-,8+,9-,10-/m1/s1. The van der Waals surface area contributed by atoms with E-state index in [2.05, 4.69) is 0 Å². The first-order chi connectivity index (χ1) is 9.10. The van der Waals surface area contributed by atoms with E-state index in [-0.39, 0.29) is 25.4 Å². The summed E-state index contributed by atoms with van der Waals surface area (Å²) in [6.07, 6.45) is -6.61. The zero-order valence-corrected chi connectivity index (χ0v) is 11.6. The Hall–Kier alpha value is -0.0900. The first kappa shape index (κ1) is 18.0. The van der Waals surface area contributed by atoms with Gasteiger partial charge < -0.3 is 40.1 Å². The predicted molar refractivity (Wildman–Crippen MR) is 65.7 cm³/mol. The van der Waals surface area contributed by atoms with Crippen LogP contribution >= 0.6 is 7.60 Å². The highest BCUT2D eigenvalue weighted by Crippen LogP contribution is 2.37. The van der Waals surface area contributed by atoms with E-state index in [9.17, 15) is 25.0 Å². The van der Waals surface area contributed by atoms with Gasteiger partial charge in [-0.15, -0.1) is 0 Å². The van der Waals surface area contributed by atoms with Crippen molar-refractivity contribution in [1.29, 1.82) is 0 Å². The molecule has 0 saturated carbocycles. The van der Waals surface area contributed by atoms with Crippen molar-refractivity contribution in [3.05, 3.63) is 0 Å². The number of hydrogen-bond donors (Lipinski definition) is 7. The normalized spacial score (nSPS) is 39.0. The molecule has 0 aromatic carbocycles. The van der Waals surface area contributed by atoms with E-state index in [0.29, 0.717) is 0 Å². The largest absolute Gasteiger partial charge is 0.394 e. The lowest BCUT2D eigenvalue weighted by Crippen LogP contribution is -2.65. The maximum atomic E-state index is 10.7. The Morgan fingerprint density at radius 1 is 1.10 bits per heavy atom. The van der Waals surface area contributed by atoms with Gasteiger partial charge in [-0.3, -0.25) is 4.57 Å². The van der Waals surface area contributed by atoms with Crippen molar-refractivity contribution in [1.82, 2.24) is 0 Å². The maximum Gasteiger partial charge on any atom is 0.325 e. The van der Waals surface area contributed by atoms with Crippen molar-refractivity contribution in [2.45, 2.75) is 49.5 Å². The molecule has 1 heterocycles. The molecule has 120 valence electrons. The molecule has 0 aliphatic carbocycles. The lowest BCUT2D eigenvalue weighted by atomic mass is 9.90. The molecule has 1 aliphatic rings. The maximum absolute atomic E-state index is 10.7. The molecule has 5 atom stereocenters. The summed E-state index contributed by atoms with van der Waals surface area (Å²) in [4.78, 5) is 17.4. The van der Waals surface area contributed by atoms with E-state index in [0.717, 1.165) is 0 Å². The fraction of sp³-hybridized carbons (Fsp3) is 1.00. The van der Waals surface area contributed by atoms with Gasteiger partial charge in [0.2, 0.25) is 0 Å². The number of aliphatic hydroxyl groups excluding tert-OH is 4. The van der Waals surface area contributed by atoms with Crippen LogP contribution in [0.3, 0.4) is 0 Å². The van der Waals surface area contributed by atoms with Gasteiger partial charge in [-0.05, 0) is 12.8 Å². The first-order valence-electron chi connectivity index (χ1n) is 6.20. The van der Waals surface area contributed by atoms with Crippen LogP contribution in [0.4, 0.5) is 0 Å². The van der Waals surface area contributed by atoms with Gasteiger partial charge in [0.15, 0.2) is 5.79 Å². The molecular weight excluding hydrogens is 295 g/mol. The van der Waals surface area contributed by atoms with Gasteiger partial charge in [-0.2, -0.15) is 0 Å². The van der Waals surface area contributed by atoms with Crippen LogP contribution in [-0.2, 0) is 9.30 Å². The zero-order chi connectivity index (χ0) is 15.6. The minimum atomic E-state index is -4.13. The minimum absolute atomic E-state index is 0.0884. The van der Waals surface area contributed by atoms with Gasteiger partial charge in [0.05, 0.1) is 6.61 Å². The summed E-state index contributed by atoms with van der Waals surface area (Å²) in [7, 11) is -4.13. The molecule has 0 aromatic rings. The van der Waals surface area contributed by atoms with Crippen LogP contribution in [0, 0.1) is 0 Å². The van der Waals surface area contributed by atoms with Gasteiger partial charge in [-0.25, -0.2) is 0 Å². The quantitative estimate of drug-likeness (QED) is 0.207. The second-order valence-electron chi connectivity index (χ2n) is 4.96. The summed E-state index contributed by atoms with van der Waals surface area (Å²) in [5, 5.41) is 47.9. The fourth-order valence-electron chi connectivity index (χ4n) is 2.12. The second kappa shape index (κ2) is 6.78. The second-order valence-corrected chi connectivity index (χ2v) is 6.73. The van der Waals surface area contributed by atoms with Gasteiger partial charge in [0.1, 0.15) is 24.4 Å². The summed E-state index contributed by atoms with van der Waals surface area (Å²) < 4.78 is 15.7. The van der Waals surface area contributed by atoms with Gasteiger partial charge in [0.25, 0.3) is 0 Å². The lowest BCUT2D eigenvalue weighted by Gasteiger charge is -2.45. The van der Waals surface area contributed by atoms with Crippen molar-refractivity contribution in [2.75, 3.05) is 12.8 Å². The molecule has 7 N–H and O–H groups in total. The third-order valence-corrected chi connectivity index (χ3v) is 4.19. The van der Waals surface area contributed by atoms with E-state index < -0.39 is 44.4 Å². The van der Waals surface area contributed by atoms with Gasteiger partial charge >= 0.3 is 7.60 Å². The Morgan fingerprint density at radius 2 is 1.70 bits per heavy atom. The zero-order valence-electron chi connectivity index (χ0n) is 10.7. The topological polar surface area (TPSA) is 168 Å². The van der Waals surface area contributed by atoms with E-state index >= 15 is 0 Å². The Labute approximate surface area is 115 Å². The van der Waals surface area contributed by atoms with Crippen LogP contribution in [0.15, 0.2) is 0 Å². The summed E-state index contributed by atoms with van der Waals surface area (Å²) in [5.74, 6) is -2.18. The van der Waals surface area contributed by atoms with Gasteiger partial charge in [0, 0.05) is 12.6 Å². The molecule has 10 heteroatoms. The molecule has 0 amide bonds. The average Bonchev–Trinajstić information content (AvgIpc) is 2.36. The molecule has 0 radical (unpaired) electrons. The van der Waals surface area contributed by atoms with Crippen molar-refractivity contribution in [2.24, 2.45) is 0 Å². The van der Waals surface area contributed by atoms with Crippen LogP contribution < -0.4 is 0 Å². The van der Waals surface area contributed by atoms with Crippen molar-refractivity contribution in [3.8, 4) is 0 Å². The minimum Gasteiger partial charge on any atom is -0.394 e. The predicted octanol–water partition coefficient (Wildman–Crippen LogP) is -2.50. The molecule has 20 heavy (non-hydrogen) atoms. The van der Waals surface area contributed by atoms with Gasteiger partial charge in [-0.1, -0.05) is 0 Å². The molecule has 9 nitrogen and oxygen atoms in total. The van der Waals surface area contributed by atoms with Crippen molar-refractivity contribution >= 4 is 7.60 Å². The molecule has 0 aromatic heterocycles. The summed E-state index contributed by atoms with van der Waals surface area (Å²) in [6, 6.07) is 0. The molecule has 0 unspecified atom stereocenters. The summed E-state index contributed by atoms with van der Waals surface area (Å²) in [5.41, 5.74) is 0. The van der Waals surface area contributed by atoms with Crippen LogP contribution in [0.2, 0.25) is 0 Å². The molecular formula is C10H21O9P. The highest BCUT2D eigenvalue weighted by molar-refractivity contribution is 7.51. The third kappa shape index (κ3) is 4.45. The van der Waals surface area contributed by atoms with Crippen molar-refractivity contribution < 1.29 is 44.6 Å². The molecule has 1 fully saturated rings. The van der Waals surface area contributed by atoms with E-state index in [4.69, 9.17) is 19.6 Å². The van der Waals surface area contributed by atoms with Crippen molar-refractivity contribution in [3.63, 3.8) is 0 Å². The lowest BCUT2D eigenvalue weighted by molar-refractivity contribution is -0.351. The number of ether oxygens (including phenoxy) is 1. The number of rotatable bonds is 6. The monoisotopic (exact) mass is 316 g/mol. The first-order valence-corrected chi connectivity index (χ1v) is 8.00. The smallest absolute Gasteiger partial charge is 0.325 e. The Bertz CT molecular complexity index is 357. The Morgan fingerprint density at radius 3 is 2.20 bits per heavy atom. The van der Waals surface area contributed by atoms with E-state index in [1.54, 1.807) is 0 Å². The van der Waals surface area contributed by atoms with Crippen LogP contribution in [0.1, 0.15) is 19.3 Å². The highest BCUT2D eigenvalue weighted by atomic mass is 31.2. The molecule has 1 rings (SSSR count). The molecule has 0 bridgehead atoms. The Kier molecular flexibility index (Phi) is 6.09. The summed E-state index contributed by atoms with van der Waals surface area (Å²) >= 11 is 0. The summed E-state index contributed by atoms with van der Waals surface area (Å²) in [6.45, 7) is -0.657. The Balaban J connectivity index is 2.59. The molecule has 1 saturated heterocycles.